The van der Waals surface area contributed by atoms with E-state index in [1.54, 1.807) is 12.0 Å². The van der Waals surface area contributed by atoms with Gasteiger partial charge in [-0.1, -0.05) is 35.0 Å². The highest BCUT2D eigenvalue weighted by atomic mass is 79.9. The van der Waals surface area contributed by atoms with Crippen LogP contribution in [0.1, 0.15) is 30.9 Å². The first-order valence-electron chi connectivity index (χ1n) is 10.0. The van der Waals surface area contributed by atoms with Crippen molar-refractivity contribution in [3.63, 3.8) is 0 Å². The number of hydrogen-bond acceptors (Lipinski definition) is 3. The number of aryl methyl sites for hydroxylation is 1. The Kier molecular flexibility index (Phi) is 7.02. The molecule has 1 aliphatic rings. The van der Waals surface area contributed by atoms with Crippen LogP contribution in [0.5, 0.6) is 5.75 Å². The van der Waals surface area contributed by atoms with Gasteiger partial charge in [0.2, 0.25) is 5.91 Å². The summed E-state index contributed by atoms with van der Waals surface area (Å²) in [6, 6.07) is 13.3. The molecule has 3 amide bonds. The SMILES string of the molecule is COc1cccc(CNC(=O)C2(C)CCN(C(=O)Nc3ccc(Br)c(C)c3)CC2)c1. The van der Waals surface area contributed by atoms with Crippen LogP contribution in [0.4, 0.5) is 10.5 Å². The molecule has 1 aliphatic heterocycles. The average molecular weight is 474 g/mol. The Morgan fingerprint density at radius 1 is 1.17 bits per heavy atom. The van der Waals surface area contributed by atoms with Gasteiger partial charge in [0.15, 0.2) is 0 Å². The number of urea groups is 1. The van der Waals surface area contributed by atoms with Crippen LogP contribution in [0.25, 0.3) is 0 Å². The van der Waals surface area contributed by atoms with Gasteiger partial charge in [0, 0.05) is 35.2 Å². The van der Waals surface area contributed by atoms with E-state index in [9.17, 15) is 9.59 Å². The van der Waals surface area contributed by atoms with Gasteiger partial charge in [0.25, 0.3) is 0 Å². The van der Waals surface area contributed by atoms with Gasteiger partial charge in [-0.25, -0.2) is 4.79 Å². The van der Waals surface area contributed by atoms with Crippen molar-refractivity contribution in [3.8, 4) is 5.75 Å². The number of piperidine rings is 1. The third-order valence-electron chi connectivity index (χ3n) is 5.70. The summed E-state index contributed by atoms with van der Waals surface area (Å²) < 4.78 is 6.24. The molecule has 0 aliphatic carbocycles. The second kappa shape index (κ2) is 9.51. The number of anilines is 1. The molecule has 0 unspecified atom stereocenters. The summed E-state index contributed by atoms with van der Waals surface area (Å²) in [7, 11) is 1.63. The van der Waals surface area contributed by atoms with Crippen LogP contribution < -0.4 is 15.4 Å². The zero-order valence-electron chi connectivity index (χ0n) is 17.6. The highest BCUT2D eigenvalue weighted by molar-refractivity contribution is 9.10. The van der Waals surface area contributed by atoms with Crippen LogP contribution in [-0.4, -0.2) is 37.0 Å². The number of nitrogens with one attached hydrogen (secondary N) is 2. The zero-order chi connectivity index (χ0) is 21.7. The molecule has 2 aromatic carbocycles. The Labute approximate surface area is 186 Å². The number of likely N-dealkylation sites (tertiary alicyclic amines) is 1. The summed E-state index contributed by atoms with van der Waals surface area (Å²) in [5, 5.41) is 5.99. The number of methoxy groups -OCH3 is 1. The van der Waals surface area contributed by atoms with E-state index in [1.165, 1.54) is 0 Å². The number of carbonyl (C=O) groups is 2. The largest absolute Gasteiger partial charge is 0.497 e. The maximum atomic E-state index is 12.8. The van der Waals surface area contributed by atoms with Crippen molar-refractivity contribution in [3.05, 3.63) is 58.1 Å². The van der Waals surface area contributed by atoms with E-state index in [2.05, 4.69) is 26.6 Å². The number of benzene rings is 2. The molecule has 1 heterocycles. The number of rotatable bonds is 5. The highest BCUT2D eigenvalue weighted by Gasteiger charge is 2.38. The lowest BCUT2D eigenvalue weighted by Gasteiger charge is -2.38. The van der Waals surface area contributed by atoms with Crippen LogP contribution in [-0.2, 0) is 11.3 Å². The lowest BCUT2D eigenvalue weighted by atomic mass is 9.79. The van der Waals surface area contributed by atoms with Crippen LogP contribution in [0.3, 0.4) is 0 Å². The first kappa shape index (κ1) is 22.2. The Hall–Kier alpha value is -2.54. The van der Waals surface area contributed by atoms with Gasteiger partial charge in [0.1, 0.15) is 5.75 Å². The van der Waals surface area contributed by atoms with E-state index >= 15 is 0 Å². The van der Waals surface area contributed by atoms with E-state index in [0.29, 0.717) is 32.5 Å². The average Bonchev–Trinajstić information content (AvgIpc) is 2.75. The van der Waals surface area contributed by atoms with E-state index in [-0.39, 0.29) is 11.9 Å². The first-order valence-corrected chi connectivity index (χ1v) is 10.8. The topological polar surface area (TPSA) is 70.7 Å². The van der Waals surface area contributed by atoms with Gasteiger partial charge >= 0.3 is 6.03 Å². The Balaban J connectivity index is 1.51. The van der Waals surface area contributed by atoms with Gasteiger partial charge in [-0.05, 0) is 61.2 Å². The van der Waals surface area contributed by atoms with Crippen LogP contribution in [0.2, 0.25) is 0 Å². The molecule has 6 nitrogen and oxygen atoms in total. The Bertz CT molecular complexity index is 924. The maximum Gasteiger partial charge on any atom is 0.321 e. The minimum atomic E-state index is -0.482. The fraction of sp³-hybridized carbons (Fsp3) is 0.391. The summed E-state index contributed by atoms with van der Waals surface area (Å²) >= 11 is 3.47. The molecule has 2 N–H and O–H groups in total. The van der Waals surface area contributed by atoms with Crippen molar-refractivity contribution in [1.29, 1.82) is 0 Å². The lowest BCUT2D eigenvalue weighted by molar-refractivity contribution is -0.132. The molecule has 0 radical (unpaired) electrons. The number of nitrogens with zero attached hydrogens (tertiary/aromatic N) is 1. The third kappa shape index (κ3) is 5.33. The van der Waals surface area contributed by atoms with Gasteiger partial charge in [-0.15, -0.1) is 0 Å². The predicted octanol–water partition coefficient (Wildman–Crippen LogP) is 4.72. The normalized spacial score (nSPS) is 15.4. The Morgan fingerprint density at radius 2 is 1.90 bits per heavy atom. The number of carbonyl (C=O) groups excluding carboxylic acids is 2. The smallest absolute Gasteiger partial charge is 0.321 e. The molecule has 0 atom stereocenters. The standard InChI is InChI=1S/C23H28BrN3O3/c1-16-13-18(7-8-20(16)24)26-22(29)27-11-9-23(2,10-12-27)21(28)25-15-17-5-4-6-19(14-17)30-3/h4-8,13-14H,9-12,15H2,1-3H3,(H,25,28)(H,26,29). The van der Waals surface area contributed by atoms with Crippen molar-refractivity contribution in [2.24, 2.45) is 5.41 Å². The van der Waals surface area contributed by atoms with E-state index in [4.69, 9.17) is 4.74 Å². The summed E-state index contributed by atoms with van der Waals surface area (Å²) in [5.41, 5.74) is 2.34. The number of amides is 3. The van der Waals surface area contributed by atoms with Gasteiger partial charge in [-0.2, -0.15) is 0 Å². The second-order valence-corrected chi connectivity index (χ2v) is 8.83. The van der Waals surface area contributed by atoms with Crippen LogP contribution >= 0.6 is 15.9 Å². The van der Waals surface area contributed by atoms with E-state index < -0.39 is 5.41 Å². The van der Waals surface area contributed by atoms with Crippen molar-refractivity contribution in [1.82, 2.24) is 10.2 Å². The molecule has 0 bridgehead atoms. The van der Waals surface area contributed by atoms with E-state index in [1.807, 2.05) is 56.3 Å². The molecular weight excluding hydrogens is 446 g/mol. The molecule has 160 valence electrons. The zero-order valence-corrected chi connectivity index (χ0v) is 19.2. The van der Waals surface area contributed by atoms with Crippen molar-refractivity contribution < 1.29 is 14.3 Å². The van der Waals surface area contributed by atoms with Crippen molar-refractivity contribution in [2.45, 2.75) is 33.2 Å². The molecule has 30 heavy (non-hydrogen) atoms. The third-order valence-corrected chi connectivity index (χ3v) is 6.59. The summed E-state index contributed by atoms with van der Waals surface area (Å²) in [5.74, 6) is 0.794. The molecule has 0 aromatic heterocycles. The fourth-order valence-corrected chi connectivity index (χ4v) is 3.78. The summed E-state index contributed by atoms with van der Waals surface area (Å²) in [4.78, 5) is 27.2. The molecule has 0 saturated carbocycles. The number of ether oxygens (including phenoxy) is 1. The monoisotopic (exact) mass is 473 g/mol. The molecule has 0 spiro atoms. The molecule has 1 saturated heterocycles. The van der Waals surface area contributed by atoms with Gasteiger partial charge in [0.05, 0.1) is 7.11 Å². The summed E-state index contributed by atoms with van der Waals surface area (Å²) in [6.07, 6.45) is 1.26. The lowest BCUT2D eigenvalue weighted by Crippen LogP contribution is -2.49. The van der Waals surface area contributed by atoms with Crippen LogP contribution in [0, 0.1) is 12.3 Å². The molecule has 1 fully saturated rings. The Morgan fingerprint density at radius 3 is 2.57 bits per heavy atom. The molecule has 2 aromatic rings. The van der Waals surface area contributed by atoms with Gasteiger partial charge in [-0.3, -0.25) is 4.79 Å². The van der Waals surface area contributed by atoms with E-state index in [0.717, 1.165) is 27.0 Å². The highest BCUT2D eigenvalue weighted by Crippen LogP contribution is 2.31. The number of hydrogen-bond donors (Lipinski definition) is 2. The quantitative estimate of drug-likeness (QED) is 0.659. The number of halogens is 1. The molecular formula is C23H28BrN3O3. The van der Waals surface area contributed by atoms with Gasteiger partial charge < -0.3 is 20.3 Å². The molecule has 7 heteroatoms. The predicted molar refractivity (Wildman–Crippen MR) is 122 cm³/mol. The fourth-order valence-electron chi connectivity index (χ4n) is 3.53. The molecule has 3 rings (SSSR count). The summed E-state index contributed by atoms with van der Waals surface area (Å²) in [6.45, 7) is 5.50. The minimum Gasteiger partial charge on any atom is -0.497 e. The minimum absolute atomic E-state index is 0.0221. The van der Waals surface area contributed by atoms with Crippen LogP contribution in [0.15, 0.2) is 46.9 Å². The second-order valence-electron chi connectivity index (χ2n) is 7.98. The van der Waals surface area contributed by atoms with Crippen molar-refractivity contribution in [2.75, 3.05) is 25.5 Å². The van der Waals surface area contributed by atoms with Crippen molar-refractivity contribution >= 4 is 33.6 Å². The maximum absolute atomic E-state index is 12.8. The first-order chi connectivity index (χ1) is 14.3.